The van der Waals surface area contributed by atoms with Crippen LogP contribution < -0.4 is 19.5 Å². The molecule has 186 valence electrons. The van der Waals surface area contributed by atoms with Gasteiger partial charge >= 0.3 is 0 Å². The van der Waals surface area contributed by atoms with E-state index in [9.17, 15) is 8.42 Å². The Labute approximate surface area is 205 Å². The molecule has 1 saturated heterocycles. The van der Waals surface area contributed by atoms with Gasteiger partial charge < -0.3 is 19.5 Å². The fourth-order valence-electron chi connectivity index (χ4n) is 3.67. The van der Waals surface area contributed by atoms with Crippen molar-refractivity contribution in [2.75, 3.05) is 58.9 Å². The number of nitrogens with one attached hydrogen (secondary N) is 2. The number of anilines is 2. The highest BCUT2D eigenvalue weighted by Gasteiger charge is 2.16. The van der Waals surface area contributed by atoms with Crippen LogP contribution in [0.2, 0.25) is 0 Å². The lowest BCUT2D eigenvalue weighted by molar-refractivity contribution is 0.0390. The van der Waals surface area contributed by atoms with E-state index in [-0.39, 0.29) is 4.90 Å². The second-order valence-corrected chi connectivity index (χ2v) is 9.60. The molecule has 1 fully saturated rings. The molecule has 0 aliphatic carbocycles. The third-order valence-electron chi connectivity index (χ3n) is 5.58. The molecule has 4 rings (SSSR count). The van der Waals surface area contributed by atoms with Crippen LogP contribution in [0.15, 0.2) is 59.6 Å². The number of hydrogen-bond donors (Lipinski definition) is 2. The van der Waals surface area contributed by atoms with Crippen LogP contribution in [0.3, 0.4) is 0 Å². The van der Waals surface area contributed by atoms with Crippen molar-refractivity contribution in [3.05, 3.63) is 54.7 Å². The van der Waals surface area contributed by atoms with E-state index in [4.69, 9.17) is 14.2 Å². The summed E-state index contributed by atoms with van der Waals surface area (Å²) in [6.07, 6.45) is 1.65. The summed E-state index contributed by atoms with van der Waals surface area (Å²) in [7, 11) is -0.428. The largest absolute Gasteiger partial charge is 0.493 e. The van der Waals surface area contributed by atoms with Gasteiger partial charge in [0.15, 0.2) is 11.5 Å². The van der Waals surface area contributed by atoms with Crippen molar-refractivity contribution in [3.8, 4) is 22.8 Å². The summed E-state index contributed by atoms with van der Waals surface area (Å²) in [5.74, 6) is 1.62. The van der Waals surface area contributed by atoms with Gasteiger partial charge in [0.1, 0.15) is 0 Å². The molecule has 0 radical (unpaired) electrons. The maximum absolute atomic E-state index is 12.6. The number of methoxy groups -OCH3 is 2. The molecule has 2 aromatic carbocycles. The minimum atomic E-state index is -3.59. The molecule has 0 saturated carbocycles. The van der Waals surface area contributed by atoms with Crippen LogP contribution in [0.1, 0.15) is 0 Å². The van der Waals surface area contributed by atoms with Crippen LogP contribution in [0, 0.1) is 0 Å². The first-order valence-electron chi connectivity index (χ1n) is 11.2. The number of sulfonamides is 1. The minimum absolute atomic E-state index is 0.199. The second kappa shape index (κ2) is 11.5. The first kappa shape index (κ1) is 24.9. The maximum Gasteiger partial charge on any atom is 0.240 e. The van der Waals surface area contributed by atoms with Crippen molar-refractivity contribution in [1.82, 2.24) is 19.6 Å². The fourth-order valence-corrected chi connectivity index (χ4v) is 4.69. The lowest BCUT2D eigenvalue weighted by atomic mass is 10.1. The number of hydrogen-bond acceptors (Lipinski definition) is 9. The van der Waals surface area contributed by atoms with Gasteiger partial charge in [0.05, 0.1) is 38.0 Å². The van der Waals surface area contributed by atoms with E-state index in [0.29, 0.717) is 55.1 Å². The summed E-state index contributed by atoms with van der Waals surface area (Å²) < 4.78 is 43.9. The Hall–Kier alpha value is -3.25. The van der Waals surface area contributed by atoms with Crippen LogP contribution >= 0.6 is 0 Å². The molecule has 11 heteroatoms. The highest BCUT2D eigenvalue weighted by molar-refractivity contribution is 7.89. The molecular formula is C24H29N5O5S. The van der Waals surface area contributed by atoms with Crippen molar-refractivity contribution in [2.24, 2.45) is 0 Å². The van der Waals surface area contributed by atoms with Gasteiger partial charge in [-0.05, 0) is 48.5 Å². The van der Waals surface area contributed by atoms with Crippen LogP contribution in [0.25, 0.3) is 11.3 Å². The predicted octanol–water partition coefficient (Wildman–Crippen LogP) is 2.51. The number of morpholine rings is 1. The lowest BCUT2D eigenvalue weighted by Crippen LogP contribution is -2.41. The number of ether oxygens (including phenoxy) is 3. The quantitative estimate of drug-likeness (QED) is 0.434. The fraction of sp³-hybridized carbons (Fsp3) is 0.333. The Kier molecular flexibility index (Phi) is 8.13. The molecule has 3 aromatic rings. The van der Waals surface area contributed by atoms with E-state index in [2.05, 4.69) is 24.9 Å². The van der Waals surface area contributed by atoms with E-state index in [0.717, 1.165) is 18.7 Å². The Balaban J connectivity index is 1.39. The van der Waals surface area contributed by atoms with E-state index in [1.165, 1.54) is 0 Å². The third-order valence-corrected chi connectivity index (χ3v) is 7.06. The van der Waals surface area contributed by atoms with Gasteiger partial charge in [-0.1, -0.05) is 0 Å². The highest BCUT2D eigenvalue weighted by atomic mass is 32.2. The zero-order valence-electron chi connectivity index (χ0n) is 19.7. The average molecular weight is 500 g/mol. The molecule has 1 aliphatic heterocycles. The zero-order chi connectivity index (χ0) is 24.7. The van der Waals surface area contributed by atoms with Gasteiger partial charge in [-0.25, -0.2) is 23.1 Å². The van der Waals surface area contributed by atoms with Crippen LogP contribution in [-0.2, 0) is 14.8 Å². The van der Waals surface area contributed by atoms with Gasteiger partial charge in [-0.3, -0.25) is 4.90 Å². The van der Waals surface area contributed by atoms with Crippen LogP contribution in [0.5, 0.6) is 11.5 Å². The smallest absolute Gasteiger partial charge is 0.240 e. The molecule has 0 bridgehead atoms. The van der Waals surface area contributed by atoms with Crippen molar-refractivity contribution < 1.29 is 22.6 Å². The molecule has 0 spiro atoms. The summed E-state index contributed by atoms with van der Waals surface area (Å²) in [6, 6.07) is 13.8. The van der Waals surface area contributed by atoms with Gasteiger partial charge in [0.2, 0.25) is 16.0 Å². The van der Waals surface area contributed by atoms with Gasteiger partial charge in [0.25, 0.3) is 0 Å². The Morgan fingerprint density at radius 3 is 2.46 bits per heavy atom. The van der Waals surface area contributed by atoms with Gasteiger partial charge in [0, 0.05) is 43.6 Å². The van der Waals surface area contributed by atoms with Crippen LogP contribution in [0.4, 0.5) is 11.6 Å². The normalized spacial score (nSPS) is 14.5. The maximum atomic E-state index is 12.6. The van der Waals surface area contributed by atoms with E-state index < -0.39 is 10.0 Å². The van der Waals surface area contributed by atoms with Crippen molar-refractivity contribution in [3.63, 3.8) is 0 Å². The minimum Gasteiger partial charge on any atom is -0.493 e. The highest BCUT2D eigenvalue weighted by Crippen LogP contribution is 2.31. The molecule has 1 aliphatic rings. The molecule has 2 heterocycles. The molecule has 1 aromatic heterocycles. The summed E-state index contributed by atoms with van der Waals surface area (Å²) in [5.41, 5.74) is 2.21. The van der Waals surface area contributed by atoms with Gasteiger partial charge in [-0.2, -0.15) is 0 Å². The first-order chi connectivity index (χ1) is 17.0. The average Bonchev–Trinajstić information content (AvgIpc) is 2.89. The number of nitrogens with zero attached hydrogens (tertiary/aromatic N) is 3. The van der Waals surface area contributed by atoms with Crippen molar-refractivity contribution in [1.29, 1.82) is 0 Å². The van der Waals surface area contributed by atoms with Crippen molar-refractivity contribution >= 4 is 21.7 Å². The topological polar surface area (TPSA) is 115 Å². The summed E-state index contributed by atoms with van der Waals surface area (Å²) in [4.78, 5) is 11.2. The number of rotatable bonds is 10. The summed E-state index contributed by atoms with van der Waals surface area (Å²) in [6.45, 7) is 3.99. The zero-order valence-corrected chi connectivity index (χ0v) is 20.5. The lowest BCUT2D eigenvalue weighted by Gasteiger charge is -2.26. The molecule has 0 atom stereocenters. The molecular weight excluding hydrogens is 470 g/mol. The molecule has 0 unspecified atom stereocenters. The number of benzene rings is 2. The van der Waals surface area contributed by atoms with E-state index in [1.54, 1.807) is 50.7 Å². The molecule has 2 N–H and O–H groups in total. The summed E-state index contributed by atoms with van der Waals surface area (Å²) >= 11 is 0. The summed E-state index contributed by atoms with van der Waals surface area (Å²) in [5, 5.41) is 3.12. The first-order valence-corrected chi connectivity index (χ1v) is 12.7. The monoisotopic (exact) mass is 499 g/mol. The number of aromatic nitrogens is 2. The molecule has 10 nitrogen and oxygen atoms in total. The van der Waals surface area contributed by atoms with Crippen LogP contribution in [-0.4, -0.2) is 76.9 Å². The Morgan fingerprint density at radius 1 is 1.00 bits per heavy atom. The second-order valence-electron chi connectivity index (χ2n) is 7.84. The SMILES string of the molecule is COc1ccc(-c2ccnc(Nc3ccc(S(=O)(=O)NCCN4CCOCC4)cc3)n2)cc1OC. The Morgan fingerprint density at radius 2 is 1.74 bits per heavy atom. The van der Waals surface area contributed by atoms with E-state index >= 15 is 0 Å². The van der Waals surface area contributed by atoms with Gasteiger partial charge in [-0.15, -0.1) is 0 Å². The molecule has 35 heavy (non-hydrogen) atoms. The van der Waals surface area contributed by atoms with E-state index in [1.807, 2.05) is 18.2 Å². The predicted molar refractivity (Wildman–Crippen MR) is 133 cm³/mol. The Bertz CT molecular complexity index is 1230. The third kappa shape index (κ3) is 6.45. The molecule has 0 amide bonds. The standard InChI is InChI=1S/C24H29N5O5S/c1-32-22-8-3-18(17-23(22)33-2)21-9-10-25-24(28-21)27-19-4-6-20(7-5-19)35(30,31)26-11-12-29-13-15-34-16-14-29/h3-10,17,26H,11-16H2,1-2H3,(H,25,27,28). The van der Waals surface area contributed by atoms with Crippen molar-refractivity contribution in [2.45, 2.75) is 4.90 Å².